The fourth-order valence-corrected chi connectivity index (χ4v) is 6.47. The molecule has 0 saturated carbocycles. The summed E-state index contributed by atoms with van der Waals surface area (Å²) in [7, 11) is 5.94. The molecule has 0 spiro atoms. The van der Waals surface area contributed by atoms with Gasteiger partial charge in [0.2, 0.25) is 0 Å². The van der Waals surface area contributed by atoms with Crippen LogP contribution in [0.15, 0.2) is 86.6 Å². The summed E-state index contributed by atoms with van der Waals surface area (Å²) in [6.45, 7) is 0.449. The van der Waals surface area contributed by atoms with Crippen LogP contribution in [0.1, 0.15) is 43.0 Å². The summed E-state index contributed by atoms with van der Waals surface area (Å²) >= 11 is 13.9. The van der Waals surface area contributed by atoms with Crippen LogP contribution in [0, 0.1) is 3.57 Å². The van der Waals surface area contributed by atoms with Gasteiger partial charge < -0.3 is 28.4 Å². The smallest absolute Gasteiger partial charge is 0.337 e. The highest BCUT2D eigenvalue weighted by Gasteiger charge is 2.11. The topological polar surface area (TPSA) is 89.5 Å². The lowest BCUT2D eigenvalue weighted by Gasteiger charge is -2.11. The molecule has 0 aliphatic heterocycles. The van der Waals surface area contributed by atoms with Gasteiger partial charge in [-0.05, 0) is 131 Å². The Morgan fingerprint density at radius 3 is 1.48 bits per heavy atom. The first-order chi connectivity index (χ1) is 23.1. The molecule has 256 valence electrons. The number of thiol groups is 1. The van der Waals surface area contributed by atoms with Gasteiger partial charge in [0.25, 0.3) is 0 Å². The van der Waals surface area contributed by atoms with Gasteiger partial charge in [-0.25, -0.2) is 9.59 Å². The van der Waals surface area contributed by atoms with Gasteiger partial charge in [0, 0.05) is 31.6 Å². The van der Waals surface area contributed by atoms with E-state index < -0.39 is 0 Å². The molecule has 0 amide bonds. The molecule has 0 saturated heterocycles. The van der Waals surface area contributed by atoms with Gasteiger partial charge in [0.05, 0.1) is 25.3 Å². The number of methoxy groups -OCH3 is 4. The largest absolute Gasteiger partial charge is 0.468 e. The van der Waals surface area contributed by atoms with Crippen LogP contribution < -0.4 is 9.47 Å². The Morgan fingerprint density at radius 1 is 0.604 bits per heavy atom. The van der Waals surface area contributed by atoms with Crippen LogP contribution >= 0.6 is 67.1 Å². The van der Waals surface area contributed by atoms with E-state index in [1.165, 1.54) is 19.8 Å². The molecule has 0 bridgehead atoms. The first-order valence-electron chi connectivity index (χ1n) is 14.7. The number of carbonyl (C=O) groups is 2. The number of benzene rings is 4. The Kier molecular flexibility index (Phi) is 17.2. The molecule has 0 atom stereocenters. The fraction of sp³-hybridized carbons (Fsp3) is 0.278. The Hall–Kier alpha value is -2.62. The zero-order valence-corrected chi connectivity index (χ0v) is 33.2. The third-order valence-corrected chi connectivity index (χ3v) is 10.00. The van der Waals surface area contributed by atoms with E-state index in [1.54, 1.807) is 32.4 Å². The maximum Gasteiger partial charge on any atom is 0.337 e. The molecule has 8 nitrogen and oxygen atoms in total. The van der Waals surface area contributed by atoms with Crippen LogP contribution in [0.5, 0.6) is 11.5 Å². The van der Waals surface area contributed by atoms with Crippen LogP contribution in [-0.2, 0) is 44.6 Å². The molecule has 4 rings (SSSR count). The number of aryl methyl sites for hydroxylation is 4. The molecule has 0 N–H and O–H groups in total. The van der Waals surface area contributed by atoms with E-state index in [9.17, 15) is 9.59 Å². The van der Waals surface area contributed by atoms with Crippen molar-refractivity contribution in [3.63, 3.8) is 0 Å². The zero-order chi connectivity index (χ0) is 35.1. The molecule has 0 unspecified atom stereocenters. The molecule has 48 heavy (non-hydrogen) atoms. The molecule has 4 aromatic carbocycles. The van der Waals surface area contributed by atoms with E-state index in [-0.39, 0.29) is 25.5 Å². The average Bonchev–Trinajstić information content (AvgIpc) is 3.10. The Morgan fingerprint density at radius 2 is 1.04 bits per heavy atom. The highest BCUT2D eigenvalue weighted by molar-refractivity contribution is 14.1. The second-order valence-corrected chi connectivity index (χ2v) is 13.6. The van der Waals surface area contributed by atoms with Crippen molar-refractivity contribution in [2.45, 2.75) is 30.6 Å². The quantitative estimate of drug-likeness (QED) is 0.0582. The lowest BCUT2D eigenvalue weighted by Crippen LogP contribution is -2.03. The maximum atomic E-state index is 11.6. The summed E-state index contributed by atoms with van der Waals surface area (Å²) in [5, 5.41) is 0. The van der Waals surface area contributed by atoms with Gasteiger partial charge in [0.15, 0.2) is 13.6 Å². The van der Waals surface area contributed by atoms with Crippen LogP contribution in [0.2, 0.25) is 0 Å². The van der Waals surface area contributed by atoms with Gasteiger partial charge >= 0.3 is 11.9 Å². The normalized spacial score (nSPS) is 10.5. The zero-order valence-electron chi connectivity index (χ0n) is 27.0. The standard InChI is InChI=1S/C18H18BrIO4.C18H19BrO4S/c1-22-11-24-15-7-8-16(19)13(9-15)5-3-12-4-6-14(10-17(12)20)18(21)23-2;1-21-11-23-15-7-8-16(19)13(9-15)5-3-12-4-6-14(10-17(12)24)18(20)22-2/h4,6-10H,3,5,11H2,1-2H3;4,6-10,24H,3,5,11H2,1-2H3. The number of carbonyl (C=O) groups excluding carboxylic acids is 2. The van der Waals surface area contributed by atoms with Gasteiger partial charge in [-0.15, -0.1) is 12.6 Å². The van der Waals surface area contributed by atoms with Crippen molar-refractivity contribution in [2.24, 2.45) is 0 Å². The van der Waals surface area contributed by atoms with Crippen molar-refractivity contribution in [3.05, 3.63) is 119 Å². The van der Waals surface area contributed by atoms with Crippen molar-refractivity contribution < 1.29 is 38.0 Å². The van der Waals surface area contributed by atoms with Gasteiger partial charge in [-0.1, -0.05) is 44.0 Å². The SMILES string of the molecule is COCOc1ccc(Br)c(CCc2ccc(C(=O)OC)cc2I)c1.COCOc1ccc(Br)c(CCc2ccc(C(=O)OC)cc2S)c1. The van der Waals surface area contributed by atoms with Gasteiger partial charge in [-0.2, -0.15) is 0 Å². The molecule has 0 aromatic heterocycles. The van der Waals surface area contributed by atoms with E-state index >= 15 is 0 Å². The number of hydrogen-bond donors (Lipinski definition) is 1. The summed E-state index contributed by atoms with van der Waals surface area (Å²) in [6, 6.07) is 22.8. The summed E-state index contributed by atoms with van der Waals surface area (Å²) < 4.78 is 33.4. The fourth-order valence-electron chi connectivity index (χ4n) is 4.47. The molecule has 0 heterocycles. The Bertz CT molecular complexity index is 1560. The average molecular weight is 916 g/mol. The third kappa shape index (κ3) is 12.4. The summed E-state index contributed by atoms with van der Waals surface area (Å²) in [6.07, 6.45) is 3.34. The first-order valence-corrected chi connectivity index (χ1v) is 17.8. The lowest BCUT2D eigenvalue weighted by molar-refractivity contribution is 0.0509. The minimum absolute atomic E-state index is 0.219. The molecule has 0 fully saturated rings. The van der Waals surface area contributed by atoms with E-state index in [2.05, 4.69) is 67.1 Å². The molecular weight excluding hydrogens is 879 g/mol. The summed E-state index contributed by atoms with van der Waals surface area (Å²) in [4.78, 5) is 23.9. The van der Waals surface area contributed by atoms with Crippen molar-refractivity contribution in [3.8, 4) is 11.5 Å². The lowest BCUT2D eigenvalue weighted by atomic mass is 10.0. The number of ether oxygens (including phenoxy) is 6. The number of esters is 2. The molecule has 4 aromatic rings. The molecule has 0 aliphatic rings. The van der Waals surface area contributed by atoms with Crippen molar-refractivity contribution >= 4 is 79.0 Å². The van der Waals surface area contributed by atoms with Crippen molar-refractivity contribution in [2.75, 3.05) is 42.0 Å². The first kappa shape index (κ1) is 39.8. The second kappa shape index (κ2) is 20.8. The predicted octanol–water partition coefficient (Wildman–Crippen LogP) is 8.90. The number of hydrogen-bond acceptors (Lipinski definition) is 9. The van der Waals surface area contributed by atoms with Crippen LogP contribution in [-0.4, -0.2) is 54.0 Å². The Balaban J connectivity index is 0.000000260. The van der Waals surface area contributed by atoms with Gasteiger partial charge in [0.1, 0.15) is 11.5 Å². The van der Waals surface area contributed by atoms with E-state index in [4.69, 9.17) is 28.4 Å². The maximum absolute atomic E-state index is 11.6. The summed E-state index contributed by atoms with van der Waals surface area (Å²) in [5.74, 6) is 0.876. The van der Waals surface area contributed by atoms with Crippen LogP contribution in [0.3, 0.4) is 0 Å². The monoisotopic (exact) mass is 914 g/mol. The number of halogens is 3. The number of rotatable bonds is 14. The van der Waals surface area contributed by atoms with Crippen LogP contribution in [0.4, 0.5) is 0 Å². The molecule has 0 radical (unpaired) electrons. The summed E-state index contributed by atoms with van der Waals surface area (Å²) in [5.41, 5.74) is 5.63. The molecular formula is C36H37Br2IO8S. The van der Waals surface area contributed by atoms with Gasteiger partial charge in [-0.3, -0.25) is 0 Å². The highest BCUT2D eigenvalue weighted by Crippen LogP contribution is 2.27. The minimum atomic E-state index is -0.359. The second-order valence-electron chi connectivity index (χ2n) is 10.2. The highest BCUT2D eigenvalue weighted by atomic mass is 127. The van der Waals surface area contributed by atoms with Crippen molar-refractivity contribution in [1.29, 1.82) is 0 Å². The van der Waals surface area contributed by atoms with Crippen molar-refractivity contribution in [1.82, 2.24) is 0 Å². The predicted molar refractivity (Wildman–Crippen MR) is 204 cm³/mol. The van der Waals surface area contributed by atoms with E-state index in [1.807, 2.05) is 54.6 Å². The third-order valence-electron chi connectivity index (χ3n) is 7.03. The minimum Gasteiger partial charge on any atom is -0.468 e. The van der Waals surface area contributed by atoms with E-state index in [0.29, 0.717) is 11.1 Å². The Labute approximate surface area is 317 Å². The molecule has 0 aliphatic carbocycles. The molecule has 12 heteroatoms. The van der Waals surface area contributed by atoms with E-state index in [0.717, 1.165) is 71.3 Å². The van der Waals surface area contributed by atoms with Crippen LogP contribution in [0.25, 0.3) is 0 Å².